The highest BCUT2D eigenvalue weighted by atomic mass is 16.5. The van der Waals surface area contributed by atoms with Gasteiger partial charge in [0.1, 0.15) is 5.75 Å². The molecule has 1 heterocycles. The van der Waals surface area contributed by atoms with Gasteiger partial charge in [-0.1, -0.05) is 0 Å². The summed E-state index contributed by atoms with van der Waals surface area (Å²) in [5.41, 5.74) is 7.59. The molecule has 0 saturated carbocycles. The molecule has 2 rings (SSSR count). The number of hydrogen-bond donors (Lipinski definition) is 1. The van der Waals surface area contributed by atoms with Crippen molar-refractivity contribution in [2.45, 2.75) is 6.42 Å². The first-order valence-corrected chi connectivity index (χ1v) is 6.18. The second-order valence-corrected chi connectivity index (χ2v) is 4.36. The minimum absolute atomic E-state index is 0.302. The van der Waals surface area contributed by atoms with Crippen LogP contribution in [-0.4, -0.2) is 29.5 Å². The summed E-state index contributed by atoms with van der Waals surface area (Å²) >= 11 is 0. The summed E-state index contributed by atoms with van der Waals surface area (Å²) in [6, 6.07) is 4.82. The van der Waals surface area contributed by atoms with Crippen molar-refractivity contribution in [3.63, 3.8) is 0 Å². The molecule has 0 radical (unpaired) electrons. The normalized spacial score (nSPS) is 10.3. The van der Waals surface area contributed by atoms with E-state index < -0.39 is 5.97 Å². The maximum absolute atomic E-state index is 11.9. The van der Waals surface area contributed by atoms with Gasteiger partial charge >= 0.3 is 5.97 Å². The van der Waals surface area contributed by atoms with Crippen LogP contribution in [-0.2, 0) is 18.2 Å². The van der Waals surface area contributed by atoms with Crippen LogP contribution in [0.1, 0.15) is 15.9 Å². The van der Waals surface area contributed by atoms with E-state index in [1.165, 1.54) is 7.11 Å². The van der Waals surface area contributed by atoms with Crippen LogP contribution < -0.4 is 10.5 Å². The van der Waals surface area contributed by atoms with E-state index >= 15 is 0 Å². The second-order valence-electron chi connectivity index (χ2n) is 4.36. The molecule has 0 saturated heterocycles. The van der Waals surface area contributed by atoms with Crippen molar-refractivity contribution in [1.29, 1.82) is 0 Å². The SMILES string of the molecule is COc1ccc(C(=O)OCCc2cnn(C)c2)cc1N. The molecule has 0 bridgehead atoms. The van der Waals surface area contributed by atoms with Crippen molar-refractivity contribution in [3.05, 3.63) is 41.7 Å². The Bertz CT molecular complexity index is 607. The number of nitrogens with zero attached hydrogens (tertiary/aromatic N) is 2. The second kappa shape index (κ2) is 6.10. The lowest BCUT2D eigenvalue weighted by Gasteiger charge is -2.07. The lowest BCUT2D eigenvalue weighted by Crippen LogP contribution is -2.08. The molecule has 106 valence electrons. The minimum Gasteiger partial charge on any atom is -0.495 e. The molecule has 0 amide bonds. The number of benzene rings is 1. The van der Waals surface area contributed by atoms with Crippen LogP contribution in [0.15, 0.2) is 30.6 Å². The average molecular weight is 275 g/mol. The lowest BCUT2D eigenvalue weighted by atomic mass is 10.2. The van der Waals surface area contributed by atoms with Crippen molar-refractivity contribution in [2.24, 2.45) is 7.05 Å². The van der Waals surface area contributed by atoms with E-state index in [0.717, 1.165) is 5.56 Å². The molecule has 6 nitrogen and oxygen atoms in total. The summed E-state index contributed by atoms with van der Waals surface area (Å²) in [5, 5.41) is 4.05. The van der Waals surface area contributed by atoms with Gasteiger partial charge in [-0.2, -0.15) is 5.10 Å². The molecule has 0 aliphatic heterocycles. The summed E-state index contributed by atoms with van der Waals surface area (Å²) in [6.45, 7) is 0.302. The number of hydrogen-bond acceptors (Lipinski definition) is 5. The number of anilines is 1. The van der Waals surface area contributed by atoms with E-state index in [1.807, 2.05) is 13.2 Å². The third kappa shape index (κ3) is 3.28. The van der Waals surface area contributed by atoms with Crippen molar-refractivity contribution >= 4 is 11.7 Å². The Morgan fingerprint density at radius 3 is 2.85 bits per heavy atom. The molecular weight excluding hydrogens is 258 g/mol. The number of carbonyl (C=O) groups excluding carboxylic acids is 1. The zero-order valence-corrected chi connectivity index (χ0v) is 11.5. The van der Waals surface area contributed by atoms with Gasteiger partial charge in [0.05, 0.1) is 31.2 Å². The standard InChI is InChI=1S/C14H17N3O3/c1-17-9-10(8-16-17)5-6-20-14(18)11-3-4-13(19-2)12(15)7-11/h3-4,7-9H,5-6,15H2,1-2H3. The molecule has 20 heavy (non-hydrogen) atoms. The Balaban J connectivity index is 1.90. The molecule has 6 heteroatoms. The third-order valence-electron chi connectivity index (χ3n) is 2.85. The molecule has 1 aromatic heterocycles. The Labute approximate surface area is 117 Å². The smallest absolute Gasteiger partial charge is 0.338 e. The van der Waals surface area contributed by atoms with E-state index in [-0.39, 0.29) is 0 Å². The maximum atomic E-state index is 11.9. The quantitative estimate of drug-likeness (QED) is 0.659. The van der Waals surface area contributed by atoms with Crippen LogP contribution in [0.25, 0.3) is 0 Å². The number of aromatic nitrogens is 2. The number of ether oxygens (including phenoxy) is 2. The van der Waals surface area contributed by atoms with Crippen LogP contribution >= 0.6 is 0 Å². The number of methoxy groups -OCH3 is 1. The number of aryl methyl sites for hydroxylation is 1. The Morgan fingerprint density at radius 1 is 1.45 bits per heavy atom. The Hall–Kier alpha value is -2.50. The summed E-state index contributed by atoms with van der Waals surface area (Å²) in [5.74, 6) is 0.139. The van der Waals surface area contributed by atoms with Gasteiger partial charge in [0, 0.05) is 19.7 Å². The fourth-order valence-corrected chi connectivity index (χ4v) is 1.81. The number of esters is 1. The van der Waals surface area contributed by atoms with E-state index in [4.69, 9.17) is 15.2 Å². The number of nitrogens with two attached hydrogens (primary N) is 1. The van der Waals surface area contributed by atoms with Gasteiger partial charge in [0.2, 0.25) is 0 Å². The topological polar surface area (TPSA) is 79.4 Å². The molecular formula is C14H17N3O3. The first-order chi connectivity index (χ1) is 9.60. The first kappa shape index (κ1) is 13.9. The highest BCUT2D eigenvalue weighted by Gasteiger charge is 2.10. The Morgan fingerprint density at radius 2 is 2.25 bits per heavy atom. The molecule has 0 aliphatic carbocycles. The van der Waals surface area contributed by atoms with Crippen LogP contribution in [0.2, 0.25) is 0 Å². The molecule has 0 spiro atoms. The van der Waals surface area contributed by atoms with Crippen LogP contribution in [0.5, 0.6) is 5.75 Å². The van der Waals surface area contributed by atoms with Crippen LogP contribution in [0.4, 0.5) is 5.69 Å². The molecule has 0 atom stereocenters. The van der Waals surface area contributed by atoms with Crippen molar-refractivity contribution in [2.75, 3.05) is 19.5 Å². The zero-order chi connectivity index (χ0) is 14.5. The highest BCUT2D eigenvalue weighted by Crippen LogP contribution is 2.22. The van der Waals surface area contributed by atoms with E-state index in [1.54, 1.807) is 29.1 Å². The van der Waals surface area contributed by atoms with Crippen molar-refractivity contribution in [1.82, 2.24) is 9.78 Å². The van der Waals surface area contributed by atoms with E-state index in [0.29, 0.717) is 30.0 Å². The fraction of sp³-hybridized carbons (Fsp3) is 0.286. The van der Waals surface area contributed by atoms with Gasteiger partial charge in [-0.15, -0.1) is 0 Å². The summed E-state index contributed by atoms with van der Waals surface area (Å²) in [4.78, 5) is 11.9. The van der Waals surface area contributed by atoms with Crippen molar-refractivity contribution in [3.8, 4) is 5.75 Å². The number of carbonyl (C=O) groups is 1. The zero-order valence-electron chi connectivity index (χ0n) is 11.5. The minimum atomic E-state index is -0.400. The molecule has 0 unspecified atom stereocenters. The van der Waals surface area contributed by atoms with Gasteiger partial charge < -0.3 is 15.2 Å². The number of rotatable bonds is 5. The molecule has 0 fully saturated rings. The van der Waals surface area contributed by atoms with Crippen LogP contribution in [0, 0.1) is 0 Å². The average Bonchev–Trinajstić information content (AvgIpc) is 2.84. The molecule has 2 N–H and O–H groups in total. The lowest BCUT2D eigenvalue weighted by molar-refractivity contribution is 0.0509. The summed E-state index contributed by atoms with van der Waals surface area (Å²) in [6.07, 6.45) is 4.27. The van der Waals surface area contributed by atoms with Gasteiger partial charge in [-0.05, 0) is 23.8 Å². The monoisotopic (exact) mass is 275 g/mol. The molecule has 2 aromatic rings. The number of nitrogen functional groups attached to an aromatic ring is 1. The van der Waals surface area contributed by atoms with Gasteiger partial charge in [0.15, 0.2) is 0 Å². The van der Waals surface area contributed by atoms with Gasteiger partial charge in [0.25, 0.3) is 0 Å². The molecule has 1 aromatic carbocycles. The molecule has 0 aliphatic rings. The predicted octanol–water partition coefficient (Wildman–Crippen LogP) is 1.41. The van der Waals surface area contributed by atoms with Gasteiger partial charge in [-0.25, -0.2) is 4.79 Å². The van der Waals surface area contributed by atoms with Crippen molar-refractivity contribution < 1.29 is 14.3 Å². The maximum Gasteiger partial charge on any atom is 0.338 e. The van der Waals surface area contributed by atoms with Crippen LogP contribution in [0.3, 0.4) is 0 Å². The highest BCUT2D eigenvalue weighted by molar-refractivity contribution is 5.91. The largest absolute Gasteiger partial charge is 0.495 e. The predicted molar refractivity (Wildman–Crippen MR) is 74.6 cm³/mol. The van der Waals surface area contributed by atoms with E-state index in [2.05, 4.69) is 5.10 Å². The summed E-state index contributed by atoms with van der Waals surface area (Å²) < 4.78 is 11.9. The first-order valence-electron chi connectivity index (χ1n) is 6.18. The Kier molecular flexibility index (Phi) is 4.24. The third-order valence-corrected chi connectivity index (χ3v) is 2.85. The van der Waals surface area contributed by atoms with E-state index in [9.17, 15) is 4.79 Å². The van der Waals surface area contributed by atoms with Gasteiger partial charge in [-0.3, -0.25) is 4.68 Å². The fourth-order valence-electron chi connectivity index (χ4n) is 1.81. The summed E-state index contributed by atoms with van der Waals surface area (Å²) in [7, 11) is 3.37.